The number of aryl methyl sites for hydroxylation is 1. The summed E-state index contributed by atoms with van der Waals surface area (Å²) in [6.07, 6.45) is 2.06. The Morgan fingerprint density at radius 3 is 2.43 bits per heavy atom. The molecule has 0 atom stereocenters. The smallest absolute Gasteiger partial charge is 0.220 e. The van der Waals surface area contributed by atoms with Crippen LogP contribution >= 0.6 is 0 Å². The fourth-order valence-electron chi connectivity index (χ4n) is 2.95. The molecule has 152 valence electrons. The summed E-state index contributed by atoms with van der Waals surface area (Å²) in [5.74, 6) is 1.57. The van der Waals surface area contributed by atoms with Crippen molar-refractivity contribution in [2.24, 2.45) is 0 Å². The Bertz CT molecular complexity index is 719. The first-order valence-electron chi connectivity index (χ1n) is 10.1. The second kappa shape index (κ2) is 11.9. The molecule has 28 heavy (non-hydrogen) atoms. The number of hydrogen-bond donors (Lipinski definition) is 1. The van der Waals surface area contributed by atoms with Crippen LogP contribution in [0.1, 0.15) is 32.3 Å². The summed E-state index contributed by atoms with van der Waals surface area (Å²) in [5, 5.41) is 3.01. The molecule has 0 saturated carbocycles. The predicted octanol–water partition coefficient (Wildman–Crippen LogP) is 4.06. The SMILES string of the molecule is CCOc1ccc(CCC(=O)NCCCN(C)c2ccccc2)cc1OCC. The van der Waals surface area contributed by atoms with Crippen LogP contribution < -0.4 is 19.7 Å². The Balaban J connectivity index is 1.71. The Morgan fingerprint density at radius 2 is 1.71 bits per heavy atom. The first-order valence-corrected chi connectivity index (χ1v) is 10.1. The van der Waals surface area contributed by atoms with Gasteiger partial charge in [0.15, 0.2) is 11.5 Å². The van der Waals surface area contributed by atoms with Crippen LogP contribution in [0.5, 0.6) is 11.5 Å². The minimum absolute atomic E-state index is 0.0780. The molecule has 0 bridgehead atoms. The molecule has 0 heterocycles. The van der Waals surface area contributed by atoms with E-state index in [0.717, 1.165) is 30.0 Å². The first-order chi connectivity index (χ1) is 13.6. The lowest BCUT2D eigenvalue weighted by Crippen LogP contribution is -2.28. The lowest BCUT2D eigenvalue weighted by atomic mass is 10.1. The number of hydrogen-bond acceptors (Lipinski definition) is 4. The zero-order chi connectivity index (χ0) is 20.2. The van der Waals surface area contributed by atoms with E-state index in [1.54, 1.807) is 0 Å². The van der Waals surface area contributed by atoms with Crippen molar-refractivity contribution in [1.82, 2.24) is 5.32 Å². The van der Waals surface area contributed by atoms with Gasteiger partial charge in [0.1, 0.15) is 0 Å². The van der Waals surface area contributed by atoms with Gasteiger partial charge >= 0.3 is 0 Å². The van der Waals surface area contributed by atoms with Crippen LogP contribution in [-0.4, -0.2) is 39.3 Å². The average Bonchev–Trinajstić information content (AvgIpc) is 2.72. The second-order valence-corrected chi connectivity index (χ2v) is 6.61. The van der Waals surface area contributed by atoms with E-state index in [4.69, 9.17) is 9.47 Å². The van der Waals surface area contributed by atoms with Crippen molar-refractivity contribution >= 4 is 11.6 Å². The van der Waals surface area contributed by atoms with Gasteiger partial charge in [0.05, 0.1) is 13.2 Å². The van der Waals surface area contributed by atoms with Gasteiger partial charge in [-0.15, -0.1) is 0 Å². The largest absolute Gasteiger partial charge is 0.490 e. The van der Waals surface area contributed by atoms with Crippen molar-refractivity contribution in [3.8, 4) is 11.5 Å². The zero-order valence-electron chi connectivity index (χ0n) is 17.2. The van der Waals surface area contributed by atoms with Crippen molar-refractivity contribution < 1.29 is 14.3 Å². The highest BCUT2D eigenvalue weighted by molar-refractivity contribution is 5.76. The quantitative estimate of drug-likeness (QED) is 0.561. The molecule has 1 amide bonds. The number of ether oxygens (including phenoxy) is 2. The predicted molar refractivity (Wildman–Crippen MR) is 114 cm³/mol. The van der Waals surface area contributed by atoms with Crippen molar-refractivity contribution in [1.29, 1.82) is 0 Å². The van der Waals surface area contributed by atoms with Gasteiger partial charge in [-0.05, 0) is 56.5 Å². The fourth-order valence-corrected chi connectivity index (χ4v) is 2.95. The number of amides is 1. The summed E-state index contributed by atoms with van der Waals surface area (Å²) in [7, 11) is 2.07. The first kappa shape index (κ1) is 21.6. The maximum Gasteiger partial charge on any atom is 0.220 e. The molecule has 5 nitrogen and oxygen atoms in total. The number of para-hydroxylation sites is 1. The minimum Gasteiger partial charge on any atom is -0.490 e. The molecule has 0 aliphatic rings. The third-order valence-electron chi connectivity index (χ3n) is 4.44. The Morgan fingerprint density at radius 1 is 1.00 bits per heavy atom. The topological polar surface area (TPSA) is 50.8 Å². The number of carbonyl (C=O) groups excluding carboxylic acids is 1. The van der Waals surface area contributed by atoms with Crippen molar-refractivity contribution in [2.45, 2.75) is 33.1 Å². The van der Waals surface area contributed by atoms with Gasteiger partial charge < -0.3 is 19.7 Å². The van der Waals surface area contributed by atoms with E-state index >= 15 is 0 Å². The van der Waals surface area contributed by atoms with Crippen LogP contribution in [0.25, 0.3) is 0 Å². The third kappa shape index (κ3) is 7.14. The Kier molecular flexibility index (Phi) is 9.19. The van der Waals surface area contributed by atoms with Crippen LogP contribution in [0, 0.1) is 0 Å². The lowest BCUT2D eigenvalue weighted by Gasteiger charge is -2.19. The molecule has 0 aliphatic carbocycles. The van der Waals surface area contributed by atoms with Crippen molar-refractivity contribution in [3.63, 3.8) is 0 Å². The monoisotopic (exact) mass is 384 g/mol. The van der Waals surface area contributed by atoms with E-state index < -0.39 is 0 Å². The summed E-state index contributed by atoms with van der Waals surface area (Å²) >= 11 is 0. The molecular weight excluding hydrogens is 352 g/mol. The lowest BCUT2D eigenvalue weighted by molar-refractivity contribution is -0.121. The number of anilines is 1. The molecule has 2 aromatic rings. The molecule has 0 saturated heterocycles. The molecule has 0 aromatic heterocycles. The van der Waals surface area contributed by atoms with Crippen LogP contribution in [0.3, 0.4) is 0 Å². The van der Waals surface area contributed by atoms with Gasteiger partial charge in [-0.2, -0.15) is 0 Å². The molecular formula is C23H32N2O3. The molecule has 0 fully saturated rings. The van der Waals surface area contributed by atoms with E-state index in [1.807, 2.05) is 50.2 Å². The summed E-state index contributed by atoms with van der Waals surface area (Å²) < 4.78 is 11.2. The van der Waals surface area contributed by atoms with Gasteiger partial charge in [-0.25, -0.2) is 0 Å². The van der Waals surface area contributed by atoms with Gasteiger partial charge in [-0.1, -0.05) is 24.3 Å². The van der Waals surface area contributed by atoms with Gasteiger partial charge in [0, 0.05) is 32.2 Å². The molecule has 5 heteroatoms. The summed E-state index contributed by atoms with van der Waals surface area (Å²) in [6, 6.07) is 16.1. The highest BCUT2D eigenvalue weighted by Crippen LogP contribution is 2.29. The van der Waals surface area contributed by atoms with Gasteiger partial charge in [0.2, 0.25) is 5.91 Å². The number of nitrogens with one attached hydrogen (secondary N) is 1. The van der Waals surface area contributed by atoms with Crippen molar-refractivity contribution in [3.05, 3.63) is 54.1 Å². The Labute approximate surface area is 168 Å². The molecule has 0 radical (unpaired) electrons. The second-order valence-electron chi connectivity index (χ2n) is 6.61. The molecule has 0 unspecified atom stereocenters. The third-order valence-corrected chi connectivity index (χ3v) is 4.44. The van der Waals surface area contributed by atoms with Crippen LogP contribution in [-0.2, 0) is 11.2 Å². The fraction of sp³-hybridized carbons (Fsp3) is 0.435. The highest BCUT2D eigenvalue weighted by atomic mass is 16.5. The highest BCUT2D eigenvalue weighted by Gasteiger charge is 2.08. The van der Waals surface area contributed by atoms with E-state index in [1.165, 1.54) is 5.69 Å². The molecule has 2 rings (SSSR count). The van der Waals surface area contributed by atoms with E-state index in [0.29, 0.717) is 32.6 Å². The molecule has 0 aliphatic heterocycles. The standard InChI is InChI=1S/C23H32N2O3/c1-4-27-21-14-12-19(18-22(21)28-5-2)13-15-23(26)24-16-9-17-25(3)20-10-7-6-8-11-20/h6-8,10-12,14,18H,4-5,9,13,15-17H2,1-3H3,(H,24,26). The molecule has 2 aromatic carbocycles. The van der Waals surface area contributed by atoms with E-state index in [-0.39, 0.29) is 5.91 Å². The van der Waals surface area contributed by atoms with E-state index in [2.05, 4.69) is 29.4 Å². The number of carbonyl (C=O) groups is 1. The summed E-state index contributed by atoms with van der Waals surface area (Å²) in [6.45, 7) is 6.67. The Hall–Kier alpha value is -2.69. The normalized spacial score (nSPS) is 10.4. The molecule has 0 spiro atoms. The van der Waals surface area contributed by atoms with Crippen LogP contribution in [0.2, 0.25) is 0 Å². The zero-order valence-corrected chi connectivity index (χ0v) is 17.2. The summed E-state index contributed by atoms with van der Waals surface area (Å²) in [5.41, 5.74) is 2.26. The van der Waals surface area contributed by atoms with Gasteiger partial charge in [0.25, 0.3) is 0 Å². The number of benzene rings is 2. The minimum atomic E-state index is 0.0780. The molecule has 1 N–H and O–H groups in total. The van der Waals surface area contributed by atoms with Gasteiger partial charge in [-0.3, -0.25) is 4.79 Å². The average molecular weight is 385 g/mol. The number of nitrogens with zero attached hydrogens (tertiary/aromatic N) is 1. The maximum absolute atomic E-state index is 12.1. The van der Waals surface area contributed by atoms with E-state index in [9.17, 15) is 4.79 Å². The summed E-state index contributed by atoms with van der Waals surface area (Å²) in [4.78, 5) is 14.3. The number of rotatable bonds is 12. The maximum atomic E-state index is 12.1. The van der Waals surface area contributed by atoms with Crippen molar-refractivity contribution in [2.75, 3.05) is 38.3 Å². The van der Waals surface area contributed by atoms with Crippen LogP contribution in [0.4, 0.5) is 5.69 Å². The van der Waals surface area contributed by atoms with Crippen LogP contribution in [0.15, 0.2) is 48.5 Å².